The summed E-state index contributed by atoms with van der Waals surface area (Å²) in [5.74, 6) is 0. The van der Waals surface area contributed by atoms with Gasteiger partial charge in [-0.1, -0.05) is 29.3 Å². The molecule has 0 bridgehead atoms. The van der Waals surface area contributed by atoms with Crippen LogP contribution in [0.2, 0.25) is 10.0 Å². The molecule has 0 spiro atoms. The molecule has 0 radical (unpaired) electrons. The molecule has 4 N–H and O–H groups in total. The van der Waals surface area contributed by atoms with Gasteiger partial charge in [0.05, 0.1) is 10.0 Å². The summed E-state index contributed by atoms with van der Waals surface area (Å²) in [6.07, 6.45) is 0. The highest BCUT2D eigenvalue weighted by Gasteiger charge is 2.05. The van der Waals surface area contributed by atoms with Crippen molar-refractivity contribution in [3.63, 3.8) is 0 Å². The van der Waals surface area contributed by atoms with Gasteiger partial charge in [-0.25, -0.2) is 0 Å². The smallest absolute Gasteiger partial charge is 0.0595 e. The third-order valence-electron chi connectivity index (χ3n) is 1.63. The monoisotopic (exact) mass is 276 g/mol. The van der Waals surface area contributed by atoms with Crippen molar-refractivity contribution in [2.45, 2.75) is 6.04 Å². The van der Waals surface area contributed by atoms with Crippen LogP contribution in [0.1, 0.15) is 11.6 Å². The van der Waals surface area contributed by atoms with Gasteiger partial charge in [-0.05, 0) is 17.7 Å². The van der Waals surface area contributed by atoms with Crippen LogP contribution in [0.15, 0.2) is 18.2 Å². The van der Waals surface area contributed by atoms with Crippen LogP contribution in [0.3, 0.4) is 0 Å². The first-order valence-corrected chi connectivity index (χ1v) is 4.31. The first-order chi connectivity index (χ1) is 5.65. The molecular weight excluding hydrogens is 266 g/mol. The molecule has 0 aliphatic carbocycles. The van der Waals surface area contributed by atoms with E-state index in [1.54, 1.807) is 12.1 Å². The van der Waals surface area contributed by atoms with E-state index in [-0.39, 0.29) is 30.9 Å². The Balaban J connectivity index is 0. The van der Waals surface area contributed by atoms with Crippen LogP contribution in [-0.2, 0) is 0 Å². The van der Waals surface area contributed by atoms with Crippen LogP contribution in [0.25, 0.3) is 0 Å². The molecule has 0 amide bonds. The van der Waals surface area contributed by atoms with Crippen LogP contribution < -0.4 is 11.5 Å². The quantitative estimate of drug-likeness (QED) is 0.873. The second-order valence-corrected chi connectivity index (χ2v) is 3.33. The minimum atomic E-state index is -0.167. The number of nitrogens with two attached hydrogens (primary N) is 2. The molecule has 6 heteroatoms. The van der Waals surface area contributed by atoms with Gasteiger partial charge in [0.2, 0.25) is 0 Å². The fourth-order valence-corrected chi connectivity index (χ4v) is 1.19. The third kappa shape index (κ3) is 4.22. The SMILES string of the molecule is Cl.Cl.NCC(N)c1ccc(Cl)c(Cl)c1. The van der Waals surface area contributed by atoms with Gasteiger partial charge in [-0.2, -0.15) is 0 Å². The lowest BCUT2D eigenvalue weighted by atomic mass is 10.1. The summed E-state index contributed by atoms with van der Waals surface area (Å²) in [7, 11) is 0. The Labute approximate surface area is 106 Å². The molecule has 0 aromatic heterocycles. The zero-order chi connectivity index (χ0) is 9.14. The zero-order valence-corrected chi connectivity index (χ0v) is 10.4. The highest BCUT2D eigenvalue weighted by atomic mass is 35.5. The standard InChI is InChI=1S/C8H10Cl2N2.2ClH/c9-6-2-1-5(3-7(6)10)8(12)4-11;;/h1-3,8H,4,11-12H2;2*1H. The largest absolute Gasteiger partial charge is 0.329 e. The van der Waals surface area contributed by atoms with Crippen LogP contribution in [0.4, 0.5) is 0 Å². The van der Waals surface area contributed by atoms with Crippen molar-refractivity contribution >= 4 is 48.0 Å². The van der Waals surface area contributed by atoms with Gasteiger partial charge in [-0.3, -0.25) is 0 Å². The van der Waals surface area contributed by atoms with E-state index in [0.717, 1.165) is 5.56 Å². The summed E-state index contributed by atoms with van der Waals surface area (Å²) in [5.41, 5.74) is 12.0. The molecule has 0 heterocycles. The predicted molar refractivity (Wildman–Crippen MR) is 66.9 cm³/mol. The van der Waals surface area contributed by atoms with E-state index in [4.69, 9.17) is 34.7 Å². The molecule has 1 unspecified atom stereocenters. The van der Waals surface area contributed by atoms with Crippen molar-refractivity contribution in [2.75, 3.05) is 6.54 Å². The maximum absolute atomic E-state index is 5.79. The Hall–Kier alpha value is 0.300. The number of hydrogen-bond acceptors (Lipinski definition) is 2. The number of halogens is 4. The summed E-state index contributed by atoms with van der Waals surface area (Å²) < 4.78 is 0. The highest BCUT2D eigenvalue weighted by molar-refractivity contribution is 6.42. The summed E-state index contributed by atoms with van der Waals surface area (Å²) in [6, 6.07) is 5.11. The second-order valence-electron chi connectivity index (χ2n) is 2.52. The zero-order valence-electron chi connectivity index (χ0n) is 7.24. The molecule has 0 saturated carbocycles. The Morgan fingerprint density at radius 2 is 1.71 bits per heavy atom. The molecule has 0 saturated heterocycles. The van der Waals surface area contributed by atoms with Crippen molar-refractivity contribution in [3.05, 3.63) is 33.8 Å². The molecule has 0 aliphatic heterocycles. The average Bonchev–Trinajstić information content (AvgIpc) is 2.08. The second kappa shape index (κ2) is 7.57. The van der Waals surface area contributed by atoms with E-state index in [9.17, 15) is 0 Å². The Morgan fingerprint density at radius 3 is 2.14 bits per heavy atom. The first kappa shape index (κ1) is 16.7. The molecule has 0 fully saturated rings. The Morgan fingerprint density at radius 1 is 1.14 bits per heavy atom. The third-order valence-corrected chi connectivity index (χ3v) is 2.36. The molecule has 0 aliphatic rings. The number of benzene rings is 1. The lowest BCUT2D eigenvalue weighted by Gasteiger charge is -2.09. The first-order valence-electron chi connectivity index (χ1n) is 3.55. The van der Waals surface area contributed by atoms with Crippen LogP contribution >= 0.6 is 48.0 Å². The van der Waals surface area contributed by atoms with E-state index in [1.807, 2.05) is 6.07 Å². The van der Waals surface area contributed by atoms with E-state index < -0.39 is 0 Å². The molecule has 1 rings (SSSR count). The number of rotatable bonds is 2. The van der Waals surface area contributed by atoms with E-state index in [0.29, 0.717) is 16.6 Å². The van der Waals surface area contributed by atoms with Gasteiger partial charge in [-0.15, -0.1) is 24.8 Å². The van der Waals surface area contributed by atoms with Crippen LogP contribution in [-0.4, -0.2) is 6.54 Å². The average molecular weight is 278 g/mol. The predicted octanol–water partition coefficient (Wildman–Crippen LogP) is 2.80. The Bertz CT molecular complexity index is 280. The minimum Gasteiger partial charge on any atom is -0.329 e. The van der Waals surface area contributed by atoms with Crippen molar-refractivity contribution in [2.24, 2.45) is 11.5 Å². The minimum absolute atomic E-state index is 0. The van der Waals surface area contributed by atoms with Gasteiger partial charge >= 0.3 is 0 Å². The molecule has 1 aromatic rings. The van der Waals surface area contributed by atoms with Gasteiger partial charge in [0.1, 0.15) is 0 Å². The normalized spacial score (nSPS) is 11.1. The lowest BCUT2D eigenvalue weighted by Crippen LogP contribution is -2.20. The summed E-state index contributed by atoms with van der Waals surface area (Å²) in [4.78, 5) is 0. The molecule has 1 atom stereocenters. The van der Waals surface area contributed by atoms with Crippen molar-refractivity contribution < 1.29 is 0 Å². The molecule has 14 heavy (non-hydrogen) atoms. The lowest BCUT2D eigenvalue weighted by molar-refractivity contribution is 0.737. The summed E-state index contributed by atoms with van der Waals surface area (Å²) >= 11 is 11.5. The van der Waals surface area contributed by atoms with Gasteiger partial charge < -0.3 is 11.5 Å². The molecule has 2 nitrogen and oxygen atoms in total. The van der Waals surface area contributed by atoms with Crippen molar-refractivity contribution in [1.82, 2.24) is 0 Å². The fourth-order valence-electron chi connectivity index (χ4n) is 0.879. The highest BCUT2D eigenvalue weighted by Crippen LogP contribution is 2.24. The molecular formula is C8H12Cl4N2. The maximum Gasteiger partial charge on any atom is 0.0595 e. The maximum atomic E-state index is 5.79. The molecule has 1 aromatic carbocycles. The van der Waals surface area contributed by atoms with Crippen LogP contribution in [0.5, 0.6) is 0 Å². The van der Waals surface area contributed by atoms with E-state index in [2.05, 4.69) is 0 Å². The number of hydrogen-bond donors (Lipinski definition) is 2. The summed E-state index contributed by atoms with van der Waals surface area (Å²) in [5, 5.41) is 1.04. The van der Waals surface area contributed by atoms with Crippen molar-refractivity contribution in [3.8, 4) is 0 Å². The molecule has 82 valence electrons. The van der Waals surface area contributed by atoms with Gasteiger partial charge in [0.15, 0.2) is 0 Å². The van der Waals surface area contributed by atoms with E-state index in [1.165, 1.54) is 0 Å². The summed E-state index contributed by atoms with van der Waals surface area (Å²) in [6.45, 7) is 0.401. The van der Waals surface area contributed by atoms with E-state index >= 15 is 0 Å². The van der Waals surface area contributed by atoms with Crippen molar-refractivity contribution in [1.29, 1.82) is 0 Å². The fraction of sp³-hybridized carbons (Fsp3) is 0.250. The van der Waals surface area contributed by atoms with Gasteiger partial charge in [0.25, 0.3) is 0 Å². The topological polar surface area (TPSA) is 52.0 Å². The van der Waals surface area contributed by atoms with Crippen LogP contribution in [0, 0.1) is 0 Å². The van der Waals surface area contributed by atoms with Gasteiger partial charge in [0, 0.05) is 12.6 Å². The Kier molecular flexibility index (Phi) is 9.04.